The summed E-state index contributed by atoms with van der Waals surface area (Å²) in [4.78, 5) is 13.7. The predicted molar refractivity (Wildman–Crippen MR) is 134 cm³/mol. The lowest BCUT2D eigenvalue weighted by Crippen LogP contribution is -2.30. The van der Waals surface area contributed by atoms with Gasteiger partial charge in [0.05, 0.1) is 11.3 Å². The number of anilines is 2. The van der Waals surface area contributed by atoms with Gasteiger partial charge in [0.1, 0.15) is 5.82 Å². The number of hydrogen-bond donors (Lipinski definition) is 3. The fourth-order valence-electron chi connectivity index (χ4n) is 3.62. The van der Waals surface area contributed by atoms with Crippen LogP contribution in [-0.2, 0) is 6.42 Å². The molecular weight excluding hydrogens is 423 g/mol. The minimum Gasteiger partial charge on any atom is -0.377 e. The smallest absolute Gasteiger partial charge is 0.251 e. The summed E-state index contributed by atoms with van der Waals surface area (Å²) in [7, 11) is 4.05. The molecule has 7 heteroatoms. The highest BCUT2D eigenvalue weighted by Crippen LogP contribution is 2.32. The molecule has 0 radical (unpaired) electrons. The van der Waals surface area contributed by atoms with Crippen LogP contribution >= 0.6 is 12.2 Å². The maximum Gasteiger partial charge on any atom is 0.251 e. The van der Waals surface area contributed by atoms with Gasteiger partial charge in [0.2, 0.25) is 0 Å². The molecule has 0 spiro atoms. The van der Waals surface area contributed by atoms with E-state index >= 15 is 4.39 Å². The van der Waals surface area contributed by atoms with Crippen molar-refractivity contribution in [3.05, 3.63) is 83.2 Å². The number of nitrogens with zero attached hydrogens (tertiary/aromatic N) is 1. The summed E-state index contributed by atoms with van der Waals surface area (Å²) in [6.45, 7) is 2.71. The van der Waals surface area contributed by atoms with Gasteiger partial charge < -0.3 is 21.3 Å². The van der Waals surface area contributed by atoms with Gasteiger partial charge in [-0.05, 0) is 60.5 Å². The first-order chi connectivity index (χ1) is 15.3. The molecule has 32 heavy (non-hydrogen) atoms. The first-order valence-electron chi connectivity index (χ1n) is 10.3. The van der Waals surface area contributed by atoms with Crippen LogP contribution in [0.2, 0.25) is 0 Å². The molecule has 0 aromatic heterocycles. The number of hydrogen-bond acceptors (Lipinski definition) is 3. The van der Waals surface area contributed by atoms with Gasteiger partial charge in [-0.25, -0.2) is 4.39 Å². The molecule has 0 aliphatic carbocycles. The van der Waals surface area contributed by atoms with Gasteiger partial charge in [-0.1, -0.05) is 42.5 Å². The predicted octanol–water partition coefficient (Wildman–Crippen LogP) is 4.50. The lowest BCUT2D eigenvalue weighted by atomic mass is 9.99. The highest BCUT2D eigenvalue weighted by Gasteiger charge is 2.18. The number of benzene rings is 3. The molecule has 0 fully saturated rings. The summed E-state index contributed by atoms with van der Waals surface area (Å²) in [5.41, 5.74) is 10.1. The Labute approximate surface area is 193 Å². The zero-order valence-corrected chi connectivity index (χ0v) is 19.2. The summed E-state index contributed by atoms with van der Waals surface area (Å²) in [5.74, 6) is -1.49. The molecule has 5 nitrogen and oxygen atoms in total. The van der Waals surface area contributed by atoms with Crippen LogP contribution in [0, 0.1) is 12.7 Å². The number of nitrogens with two attached hydrogens (primary N) is 1. The Morgan fingerprint density at radius 1 is 1.09 bits per heavy atom. The van der Waals surface area contributed by atoms with E-state index in [0.29, 0.717) is 22.9 Å². The summed E-state index contributed by atoms with van der Waals surface area (Å²) in [5, 5.41) is 6.60. The zero-order valence-electron chi connectivity index (χ0n) is 18.4. The summed E-state index contributed by atoms with van der Waals surface area (Å²) in [6, 6.07) is 18.3. The van der Waals surface area contributed by atoms with E-state index < -0.39 is 11.7 Å². The van der Waals surface area contributed by atoms with Crippen LogP contribution in [0.4, 0.5) is 15.8 Å². The van der Waals surface area contributed by atoms with E-state index in [1.54, 1.807) is 30.3 Å². The first kappa shape index (κ1) is 23.2. The van der Waals surface area contributed by atoms with Crippen LogP contribution < -0.4 is 21.3 Å². The lowest BCUT2D eigenvalue weighted by molar-refractivity contribution is 0.0996. The fourth-order valence-corrected chi connectivity index (χ4v) is 3.83. The Morgan fingerprint density at radius 3 is 2.44 bits per heavy atom. The van der Waals surface area contributed by atoms with Crippen molar-refractivity contribution in [2.24, 2.45) is 5.73 Å². The van der Waals surface area contributed by atoms with E-state index in [9.17, 15) is 4.79 Å². The zero-order chi connectivity index (χ0) is 23.3. The average molecular weight is 451 g/mol. The third-order valence-corrected chi connectivity index (χ3v) is 5.41. The Balaban J connectivity index is 1.72. The number of aryl methyl sites for hydroxylation is 1. The number of thiocarbonyl (C=S) groups is 1. The molecule has 3 rings (SSSR count). The van der Waals surface area contributed by atoms with Gasteiger partial charge in [0.25, 0.3) is 5.91 Å². The van der Waals surface area contributed by atoms with Crippen molar-refractivity contribution >= 4 is 34.6 Å². The topological polar surface area (TPSA) is 70.4 Å². The van der Waals surface area contributed by atoms with Crippen molar-refractivity contribution in [1.82, 2.24) is 5.32 Å². The molecule has 0 aliphatic rings. The van der Waals surface area contributed by atoms with E-state index in [1.165, 1.54) is 22.9 Å². The molecule has 3 aromatic carbocycles. The molecule has 0 aliphatic heterocycles. The number of primary amides is 1. The number of nitrogens with one attached hydrogen (secondary N) is 2. The third-order valence-electron chi connectivity index (χ3n) is 5.16. The summed E-state index contributed by atoms with van der Waals surface area (Å²) >= 11 is 5.43. The van der Waals surface area contributed by atoms with E-state index in [0.717, 1.165) is 6.42 Å². The van der Waals surface area contributed by atoms with Gasteiger partial charge in [-0.3, -0.25) is 4.79 Å². The number of amides is 1. The maximum absolute atomic E-state index is 15.1. The van der Waals surface area contributed by atoms with Crippen LogP contribution in [0.25, 0.3) is 11.1 Å². The number of carbonyl (C=O) groups excluding carboxylic acids is 1. The Morgan fingerprint density at radius 2 is 1.81 bits per heavy atom. The first-order valence-corrected chi connectivity index (χ1v) is 10.7. The maximum atomic E-state index is 15.1. The highest BCUT2D eigenvalue weighted by atomic mass is 32.1. The van der Waals surface area contributed by atoms with Crippen molar-refractivity contribution in [2.75, 3.05) is 30.9 Å². The SMILES string of the molecule is Cc1cc(CCNC(=S)Nc2ccc(C(N)=O)c(F)c2-c2ccccc2)ccc1N(C)C. The Kier molecular flexibility index (Phi) is 7.43. The van der Waals surface area contributed by atoms with Crippen molar-refractivity contribution < 1.29 is 9.18 Å². The van der Waals surface area contributed by atoms with E-state index in [-0.39, 0.29) is 11.1 Å². The van der Waals surface area contributed by atoms with Crippen LogP contribution in [0.3, 0.4) is 0 Å². The third kappa shape index (κ3) is 5.42. The number of halogens is 1. The summed E-state index contributed by atoms with van der Waals surface area (Å²) < 4.78 is 15.1. The normalized spacial score (nSPS) is 10.5. The number of rotatable bonds is 7. The highest BCUT2D eigenvalue weighted by molar-refractivity contribution is 7.80. The Hall–Kier alpha value is -3.45. The van der Waals surface area contributed by atoms with E-state index in [4.69, 9.17) is 18.0 Å². The quantitative estimate of drug-likeness (QED) is 0.463. The van der Waals surface area contributed by atoms with Crippen LogP contribution in [-0.4, -0.2) is 31.7 Å². The van der Waals surface area contributed by atoms with Crippen LogP contribution in [0.5, 0.6) is 0 Å². The lowest BCUT2D eigenvalue weighted by Gasteiger charge is -2.17. The molecule has 4 N–H and O–H groups in total. The fraction of sp³-hybridized carbons (Fsp3) is 0.200. The van der Waals surface area contributed by atoms with Gasteiger partial charge in [-0.15, -0.1) is 0 Å². The minimum atomic E-state index is -0.817. The van der Waals surface area contributed by atoms with E-state index in [1.807, 2.05) is 20.2 Å². The van der Waals surface area contributed by atoms with Gasteiger partial charge in [0.15, 0.2) is 5.11 Å². The summed E-state index contributed by atoms with van der Waals surface area (Å²) in [6.07, 6.45) is 0.789. The largest absolute Gasteiger partial charge is 0.377 e. The monoisotopic (exact) mass is 450 g/mol. The second-order valence-electron chi connectivity index (χ2n) is 7.73. The van der Waals surface area contributed by atoms with Crippen LogP contribution in [0.15, 0.2) is 60.7 Å². The molecule has 0 bridgehead atoms. The Bertz CT molecular complexity index is 1130. The molecule has 0 saturated heterocycles. The second-order valence-corrected chi connectivity index (χ2v) is 8.13. The molecule has 0 unspecified atom stereocenters. The van der Waals surface area contributed by atoms with Crippen LogP contribution in [0.1, 0.15) is 21.5 Å². The van der Waals surface area contributed by atoms with Crippen molar-refractivity contribution in [3.8, 4) is 11.1 Å². The minimum absolute atomic E-state index is 0.162. The molecule has 0 atom stereocenters. The van der Waals surface area contributed by atoms with Crippen molar-refractivity contribution in [2.45, 2.75) is 13.3 Å². The molecule has 1 amide bonds. The van der Waals surface area contributed by atoms with Crippen molar-refractivity contribution in [3.63, 3.8) is 0 Å². The van der Waals surface area contributed by atoms with Gasteiger partial charge in [0, 0.05) is 31.9 Å². The molecule has 3 aromatic rings. The molecule has 0 saturated carbocycles. The number of carbonyl (C=O) groups is 1. The average Bonchev–Trinajstić information content (AvgIpc) is 2.74. The molecular formula is C25H27FN4OS. The van der Waals surface area contributed by atoms with Gasteiger partial charge in [-0.2, -0.15) is 0 Å². The van der Waals surface area contributed by atoms with Gasteiger partial charge >= 0.3 is 0 Å². The molecule has 0 heterocycles. The second kappa shape index (κ2) is 10.2. The van der Waals surface area contributed by atoms with E-state index in [2.05, 4.69) is 40.7 Å². The van der Waals surface area contributed by atoms with Crippen molar-refractivity contribution in [1.29, 1.82) is 0 Å². The standard InChI is InChI=1S/C25H27FN4OS/c1-16-15-17(9-12-21(16)30(2)3)13-14-28-25(32)29-20-11-10-19(24(27)31)23(26)22(20)18-7-5-4-6-8-18/h4-12,15H,13-14H2,1-3H3,(H2,27,31)(H2,28,29,32). The molecule has 166 valence electrons.